The summed E-state index contributed by atoms with van der Waals surface area (Å²) in [6.07, 6.45) is 9.01. The van der Waals surface area contributed by atoms with E-state index in [1.807, 2.05) is 24.3 Å². The Bertz CT molecular complexity index is 1760. The maximum atomic E-state index is 13.5. The molecule has 0 spiro atoms. The second-order valence-electron chi connectivity index (χ2n) is 10.9. The average molecular weight is 762 g/mol. The summed E-state index contributed by atoms with van der Waals surface area (Å²) < 4.78 is 57.0. The minimum atomic E-state index is -1.06. The lowest BCUT2D eigenvalue weighted by atomic mass is 10.1. The Morgan fingerprint density at radius 2 is 1.04 bits per heavy atom. The van der Waals surface area contributed by atoms with Crippen LogP contribution in [-0.2, 0) is 12.8 Å². The van der Waals surface area contributed by atoms with Gasteiger partial charge < -0.3 is 14.9 Å². The summed E-state index contributed by atoms with van der Waals surface area (Å²) in [7, 11) is 0. The van der Waals surface area contributed by atoms with Crippen LogP contribution < -0.4 is 4.74 Å². The number of carboxylic acids is 1. The molecular formula is C39H38Cl2F4N2O5. The number of nitrogens with zero attached hydrogens (tertiary/aromatic N) is 2. The summed E-state index contributed by atoms with van der Waals surface area (Å²) in [5.74, 6) is -6.60. The zero-order chi connectivity index (χ0) is 39.1. The summed E-state index contributed by atoms with van der Waals surface area (Å²) in [6, 6.07) is 19.8. The first-order valence-electron chi connectivity index (χ1n) is 16.1. The fourth-order valence-corrected chi connectivity index (χ4v) is 4.33. The highest BCUT2D eigenvalue weighted by Gasteiger charge is 2.15. The van der Waals surface area contributed by atoms with Crippen molar-refractivity contribution >= 4 is 35.1 Å². The van der Waals surface area contributed by atoms with Crippen LogP contribution in [0.5, 0.6) is 11.5 Å². The van der Waals surface area contributed by atoms with Crippen molar-refractivity contribution in [2.45, 2.75) is 65.2 Å². The van der Waals surface area contributed by atoms with Crippen molar-refractivity contribution in [2.75, 3.05) is 5.34 Å². The third kappa shape index (κ3) is 16.3. The molecule has 0 aliphatic rings. The number of aromatic carboxylic acids is 1. The predicted octanol–water partition coefficient (Wildman–Crippen LogP) is 10.9. The van der Waals surface area contributed by atoms with Gasteiger partial charge in [0.05, 0.1) is 16.5 Å². The average Bonchev–Trinajstić information content (AvgIpc) is 3.10. The van der Waals surface area contributed by atoms with Gasteiger partial charge in [-0.15, -0.1) is 23.2 Å². The van der Waals surface area contributed by atoms with E-state index in [1.165, 1.54) is 37.0 Å². The molecule has 0 atom stereocenters. The van der Waals surface area contributed by atoms with Gasteiger partial charge in [0.25, 0.3) is 0 Å². The minimum absolute atomic E-state index is 0.194. The molecule has 4 aromatic rings. The number of aryl methyl sites for hydroxylation is 2. The number of carbonyl (C=O) groups excluding carboxylic acids is 1. The maximum Gasteiger partial charge on any atom is 0.343 e. The number of phenols is 1. The number of benzene rings is 4. The van der Waals surface area contributed by atoms with Gasteiger partial charge >= 0.3 is 11.9 Å². The number of phenolic OH excluding ortho intramolecular Hbond substituents is 1. The number of ether oxygens (including phenoxy) is 1. The van der Waals surface area contributed by atoms with Crippen molar-refractivity contribution in [1.29, 1.82) is 10.5 Å². The molecule has 0 aromatic heterocycles. The number of halogens is 6. The highest BCUT2D eigenvalue weighted by Crippen LogP contribution is 2.22. The number of nitriles is 2. The van der Waals surface area contributed by atoms with Crippen molar-refractivity contribution in [1.82, 2.24) is 0 Å². The van der Waals surface area contributed by atoms with Gasteiger partial charge in [0.1, 0.15) is 58.0 Å². The largest absolute Gasteiger partial charge is 0.508 e. The van der Waals surface area contributed by atoms with E-state index in [2.05, 4.69) is 13.8 Å². The van der Waals surface area contributed by atoms with Gasteiger partial charge in [0, 0.05) is 24.3 Å². The number of rotatable bonds is 11. The topological polar surface area (TPSA) is 131 Å². The fraction of sp³-hybridized carbons (Fsp3) is 0.282. The molecule has 2 N–H and O–H groups in total. The molecule has 0 fully saturated rings. The molecule has 52 heavy (non-hydrogen) atoms. The maximum absolute atomic E-state index is 13.5. The van der Waals surface area contributed by atoms with E-state index < -0.39 is 52.1 Å². The van der Waals surface area contributed by atoms with Crippen molar-refractivity contribution in [3.8, 4) is 23.6 Å². The molecule has 0 aliphatic heterocycles. The molecule has 4 aromatic carbocycles. The lowest BCUT2D eigenvalue weighted by molar-refractivity contribution is 0.0694. The predicted molar refractivity (Wildman–Crippen MR) is 192 cm³/mol. The number of hydrogen-bond donors (Lipinski definition) is 2. The quantitative estimate of drug-likeness (QED) is 0.0511. The monoisotopic (exact) mass is 760 g/mol. The SMILES string of the molecule is CCCCCc1ccc(C(=O)O)cc1.CCCCCc1ccc(C(=O)Oc2cc(F)c(C#N)c(F)c2)cc1.ClCCl.N#Cc1c(F)cc(O)cc1F. The van der Waals surface area contributed by atoms with Crippen molar-refractivity contribution in [2.24, 2.45) is 0 Å². The van der Waals surface area contributed by atoms with E-state index in [4.69, 9.17) is 48.7 Å². The van der Waals surface area contributed by atoms with Crippen LogP contribution in [0.4, 0.5) is 17.6 Å². The molecule has 7 nitrogen and oxygen atoms in total. The summed E-state index contributed by atoms with van der Waals surface area (Å²) in [4.78, 5) is 22.6. The molecule has 0 radical (unpaired) electrons. The Kier molecular flexibility index (Phi) is 21.6. The van der Waals surface area contributed by atoms with Gasteiger partial charge in [-0.3, -0.25) is 0 Å². The molecule has 0 saturated carbocycles. The van der Waals surface area contributed by atoms with Gasteiger partial charge in [0.2, 0.25) is 0 Å². The summed E-state index contributed by atoms with van der Waals surface area (Å²) in [5, 5.41) is 34.3. The summed E-state index contributed by atoms with van der Waals surface area (Å²) >= 11 is 9.53. The summed E-state index contributed by atoms with van der Waals surface area (Å²) in [6.45, 7) is 4.31. The zero-order valence-corrected chi connectivity index (χ0v) is 30.1. The molecule has 0 amide bonds. The van der Waals surface area contributed by atoms with Gasteiger partial charge in [-0.2, -0.15) is 10.5 Å². The van der Waals surface area contributed by atoms with Crippen LogP contribution in [0, 0.1) is 45.9 Å². The lowest BCUT2D eigenvalue weighted by Crippen LogP contribution is -2.09. The van der Waals surface area contributed by atoms with Crippen LogP contribution in [0.15, 0.2) is 72.8 Å². The van der Waals surface area contributed by atoms with E-state index in [0.29, 0.717) is 23.3 Å². The number of carbonyl (C=O) groups is 2. The van der Waals surface area contributed by atoms with E-state index in [0.717, 1.165) is 49.8 Å². The van der Waals surface area contributed by atoms with Crippen LogP contribution in [-0.4, -0.2) is 27.5 Å². The van der Waals surface area contributed by atoms with Crippen LogP contribution in [0.3, 0.4) is 0 Å². The zero-order valence-electron chi connectivity index (χ0n) is 28.6. The molecule has 13 heteroatoms. The van der Waals surface area contributed by atoms with Gasteiger partial charge in [-0.25, -0.2) is 27.2 Å². The Labute approximate surface area is 310 Å². The van der Waals surface area contributed by atoms with Gasteiger partial charge in [-0.05, 0) is 61.1 Å². The molecule has 0 heterocycles. The smallest absolute Gasteiger partial charge is 0.343 e. The Balaban J connectivity index is 0.000000408. The Morgan fingerprint density at radius 1 is 0.673 bits per heavy atom. The Hall–Kier alpha value is -5.10. The number of esters is 1. The molecule has 0 saturated heterocycles. The van der Waals surface area contributed by atoms with Crippen LogP contribution >= 0.6 is 23.2 Å². The molecule has 0 bridgehead atoms. The normalized spacial score (nSPS) is 9.73. The highest BCUT2D eigenvalue weighted by atomic mass is 35.5. The molecular weight excluding hydrogens is 723 g/mol. The molecule has 4 rings (SSSR count). The molecule has 276 valence electrons. The third-order valence-electron chi connectivity index (χ3n) is 7.01. The van der Waals surface area contributed by atoms with Gasteiger partial charge in [0.15, 0.2) is 0 Å². The number of carboxylic acid groups (broad SMARTS) is 1. The first-order chi connectivity index (χ1) is 24.8. The van der Waals surface area contributed by atoms with E-state index in [1.54, 1.807) is 24.3 Å². The number of aromatic hydroxyl groups is 1. The first kappa shape index (κ1) is 44.9. The van der Waals surface area contributed by atoms with Crippen molar-refractivity contribution < 1.29 is 42.1 Å². The van der Waals surface area contributed by atoms with Gasteiger partial charge in [-0.1, -0.05) is 63.8 Å². The fourth-order valence-electron chi connectivity index (χ4n) is 4.33. The third-order valence-corrected chi connectivity index (χ3v) is 7.01. The first-order valence-corrected chi connectivity index (χ1v) is 17.1. The standard InChI is InChI=1S/C19H17F2NO2.C12H16O2.C7H3F2NO.CH2Cl2/c1-2-3-4-5-13-6-8-14(9-7-13)19(23)24-15-10-17(20)16(12-22)18(21)11-15;1-2-3-4-5-10-6-8-11(9-7-10)12(13)14;8-6-1-4(11)2-7(9)5(6)3-10;2-1-3/h6-11H,2-5H2,1H3;6-9H,2-5H2,1H3,(H,13,14);1-2,11H;1H2. The van der Waals surface area contributed by atoms with E-state index in [9.17, 15) is 27.2 Å². The molecule has 0 unspecified atom stereocenters. The second kappa shape index (κ2) is 25.0. The summed E-state index contributed by atoms with van der Waals surface area (Å²) in [5.41, 5.74) is 1.62. The minimum Gasteiger partial charge on any atom is -0.508 e. The number of alkyl halides is 2. The molecule has 0 aliphatic carbocycles. The van der Waals surface area contributed by atoms with Crippen molar-refractivity contribution in [3.05, 3.63) is 129 Å². The number of hydrogen-bond acceptors (Lipinski definition) is 6. The highest BCUT2D eigenvalue weighted by molar-refractivity contribution is 6.40. The van der Waals surface area contributed by atoms with E-state index >= 15 is 0 Å². The van der Waals surface area contributed by atoms with Crippen LogP contribution in [0.25, 0.3) is 0 Å². The Morgan fingerprint density at radius 3 is 1.38 bits per heavy atom. The lowest BCUT2D eigenvalue weighted by Gasteiger charge is -2.07. The van der Waals surface area contributed by atoms with Crippen LogP contribution in [0.1, 0.15) is 95.3 Å². The second-order valence-corrected chi connectivity index (χ2v) is 11.7. The number of unbranched alkanes of at least 4 members (excludes halogenated alkanes) is 4. The van der Waals surface area contributed by atoms with Crippen molar-refractivity contribution in [3.63, 3.8) is 0 Å². The van der Waals surface area contributed by atoms with E-state index in [-0.39, 0.29) is 11.1 Å². The van der Waals surface area contributed by atoms with Crippen LogP contribution in [0.2, 0.25) is 0 Å².